The van der Waals surface area contributed by atoms with Crippen molar-refractivity contribution in [2.24, 2.45) is 0 Å². The minimum Gasteiger partial charge on any atom is -0.372 e. The number of hydrogen-bond acceptors (Lipinski definition) is 2. The van der Waals surface area contributed by atoms with E-state index in [9.17, 15) is 4.39 Å². The molecule has 1 atom stereocenters. The number of benzene rings is 2. The van der Waals surface area contributed by atoms with Gasteiger partial charge in [-0.15, -0.1) is 0 Å². The van der Waals surface area contributed by atoms with Gasteiger partial charge in [0.2, 0.25) is 0 Å². The van der Waals surface area contributed by atoms with Gasteiger partial charge in [0.25, 0.3) is 0 Å². The van der Waals surface area contributed by atoms with E-state index in [1.165, 1.54) is 17.2 Å². The molecule has 2 aromatic carbocycles. The van der Waals surface area contributed by atoms with Crippen LogP contribution in [0.2, 0.25) is 0 Å². The summed E-state index contributed by atoms with van der Waals surface area (Å²) in [5.41, 5.74) is 4.45. The van der Waals surface area contributed by atoms with Crippen LogP contribution in [0.25, 0.3) is 11.1 Å². The Bertz CT molecular complexity index is 635. The molecule has 2 nitrogen and oxygen atoms in total. The van der Waals surface area contributed by atoms with Crippen LogP contribution in [-0.2, 0) is 17.8 Å². The molecule has 3 rings (SSSR count). The summed E-state index contributed by atoms with van der Waals surface area (Å²) in [6.45, 7) is 4.48. The largest absolute Gasteiger partial charge is 0.372 e. The van der Waals surface area contributed by atoms with E-state index in [4.69, 9.17) is 4.74 Å². The van der Waals surface area contributed by atoms with Gasteiger partial charge in [-0.3, -0.25) is 0 Å². The van der Waals surface area contributed by atoms with Gasteiger partial charge in [-0.1, -0.05) is 37.3 Å². The molecule has 1 N–H and O–H groups in total. The second-order valence-corrected chi connectivity index (χ2v) is 5.74. The van der Waals surface area contributed by atoms with Gasteiger partial charge < -0.3 is 10.1 Å². The second kappa shape index (κ2) is 7.03. The van der Waals surface area contributed by atoms with Crippen LogP contribution in [0.3, 0.4) is 0 Å². The summed E-state index contributed by atoms with van der Waals surface area (Å²) in [6, 6.07) is 13.3. The van der Waals surface area contributed by atoms with Crippen molar-refractivity contribution in [1.29, 1.82) is 0 Å². The van der Waals surface area contributed by atoms with E-state index in [1.807, 2.05) is 18.2 Å². The topological polar surface area (TPSA) is 21.3 Å². The fourth-order valence-corrected chi connectivity index (χ4v) is 3.01. The predicted molar refractivity (Wildman–Crippen MR) is 87.3 cm³/mol. The van der Waals surface area contributed by atoms with Gasteiger partial charge in [0.05, 0.1) is 12.7 Å². The maximum absolute atomic E-state index is 13.7. The number of rotatable bonds is 5. The lowest BCUT2D eigenvalue weighted by atomic mass is 9.94. The summed E-state index contributed by atoms with van der Waals surface area (Å²) in [7, 11) is 0. The van der Waals surface area contributed by atoms with Crippen LogP contribution >= 0.6 is 0 Å². The third kappa shape index (κ3) is 3.37. The molecule has 1 aliphatic heterocycles. The number of hydrogen-bond donors (Lipinski definition) is 1. The maximum Gasteiger partial charge on any atom is 0.123 e. The Labute approximate surface area is 131 Å². The van der Waals surface area contributed by atoms with Crippen molar-refractivity contribution < 1.29 is 9.13 Å². The Morgan fingerprint density at radius 3 is 2.73 bits per heavy atom. The van der Waals surface area contributed by atoms with Gasteiger partial charge in [0.1, 0.15) is 5.82 Å². The molecule has 0 radical (unpaired) electrons. The number of halogens is 1. The summed E-state index contributed by atoms with van der Waals surface area (Å²) in [6.07, 6.45) is 2.22. The molecule has 0 amide bonds. The highest BCUT2D eigenvalue weighted by atomic mass is 19.1. The maximum atomic E-state index is 13.7. The molecule has 1 aliphatic rings. The first-order valence-electron chi connectivity index (χ1n) is 7.97. The van der Waals surface area contributed by atoms with Crippen molar-refractivity contribution >= 4 is 0 Å². The molecule has 0 aliphatic carbocycles. The highest BCUT2D eigenvalue weighted by molar-refractivity contribution is 5.70. The lowest BCUT2D eigenvalue weighted by Gasteiger charge is -2.16. The van der Waals surface area contributed by atoms with Crippen molar-refractivity contribution in [2.45, 2.75) is 32.5 Å². The lowest BCUT2D eigenvalue weighted by molar-refractivity contribution is 0.0543. The fourth-order valence-electron chi connectivity index (χ4n) is 3.01. The van der Waals surface area contributed by atoms with E-state index in [2.05, 4.69) is 24.4 Å². The molecule has 0 spiro atoms. The van der Waals surface area contributed by atoms with E-state index in [-0.39, 0.29) is 11.9 Å². The lowest BCUT2D eigenvalue weighted by Crippen LogP contribution is -2.16. The summed E-state index contributed by atoms with van der Waals surface area (Å²) in [5.74, 6) is -0.208. The zero-order chi connectivity index (χ0) is 15.4. The van der Waals surface area contributed by atoms with Crippen molar-refractivity contribution in [1.82, 2.24) is 5.32 Å². The number of nitrogens with one attached hydrogen (secondary N) is 1. The van der Waals surface area contributed by atoms with Crippen molar-refractivity contribution in [3.63, 3.8) is 0 Å². The average molecular weight is 299 g/mol. The third-order valence-electron chi connectivity index (χ3n) is 4.25. The van der Waals surface area contributed by atoms with Gasteiger partial charge in [-0.25, -0.2) is 4.39 Å². The zero-order valence-electron chi connectivity index (χ0n) is 12.9. The van der Waals surface area contributed by atoms with Gasteiger partial charge in [-0.2, -0.15) is 0 Å². The van der Waals surface area contributed by atoms with Gasteiger partial charge in [-0.05, 0) is 53.8 Å². The van der Waals surface area contributed by atoms with Crippen LogP contribution in [0.1, 0.15) is 24.5 Å². The second-order valence-electron chi connectivity index (χ2n) is 5.74. The third-order valence-corrected chi connectivity index (χ3v) is 4.25. The molecule has 0 aromatic heterocycles. The van der Waals surface area contributed by atoms with Crippen LogP contribution in [0.4, 0.5) is 4.39 Å². The standard InChI is InChI=1S/C19H22FNO/c1-2-14-5-3-4-6-18(14)19-8-7-16(20)11-15(19)13-22-17-9-10-21-12-17/h3-8,11,17,21H,2,9-10,12-13H2,1H3. The average Bonchev–Trinajstić information content (AvgIpc) is 3.06. The molecule has 2 aromatic rings. The predicted octanol–water partition coefficient (Wildman–Crippen LogP) is 3.93. The first-order chi connectivity index (χ1) is 10.8. The first-order valence-corrected chi connectivity index (χ1v) is 7.97. The van der Waals surface area contributed by atoms with Crippen LogP contribution in [0, 0.1) is 5.82 Å². The Morgan fingerprint density at radius 2 is 1.95 bits per heavy atom. The Kier molecular flexibility index (Phi) is 4.86. The minimum absolute atomic E-state index is 0.208. The Morgan fingerprint density at radius 1 is 1.14 bits per heavy atom. The van der Waals surface area contributed by atoms with Crippen molar-refractivity contribution in [2.75, 3.05) is 13.1 Å². The highest BCUT2D eigenvalue weighted by Gasteiger charge is 2.16. The van der Waals surface area contributed by atoms with Crippen LogP contribution in [0.15, 0.2) is 42.5 Å². The van der Waals surface area contributed by atoms with Crippen LogP contribution in [-0.4, -0.2) is 19.2 Å². The Balaban J connectivity index is 1.89. The molecule has 0 saturated carbocycles. The normalized spacial score (nSPS) is 17.8. The van der Waals surface area contributed by atoms with E-state index in [0.717, 1.165) is 37.1 Å². The van der Waals surface area contributed by atoms with E-state index in [0.29, 0.717) is 6.61 Å². The fraction of sp³-hybridized carbons (Fsp3) is 0.368. The Hall–Kier alpha value is -1.71. The van der Waals surface area contributed by atoms with Gasteiger partial charge in [0, 0.05) is 6.54 Å². The molecule has 0 bridgehead atoms. The van der Waals surface area contributed by atoms with E-state index in [1.54, 1.807) is 6.07 Å². The molecule has 116 valence electrons. The number of aryl methyl sites for hydroxylation is 1. The number of ether oxygens (including phenoxy) is 1. The summed E-state index contributed by atoms with van der Waals surface area (Å²) in [4.78, 5) is 0. The summed E-state index contributed by atoms with van der Waals surface area (Å²) < 4.78 is 19.6. The van der Waals surface area contributed by atoms with Crippen LogP contribution in [0.5, 0.6) is 0 Å². The monoisotopic (exact) mass is 299 g/mol. The quantitative estimate of drug-likeness (QED) is 0.903. The zero-order valence-corrected chi connectivity index (χ0v) is 12.9. The summed E-state index contributed by atoms with van der Waals surface area (Å²) >= 11 is 0. The van der Waals surface area contributed by atoms with Gasteiger partial charge in [0.15, 0.2) is 0 Å². The molecule has 3 heteroatoms. The molecule has 22 heavy (non-hydrogen) atoms. The van der Waals surface area contributed by atoms with Crippen LogP contribution < -0.4 is 5.32 Å². The highest BCUT2D eigenvalue weighted by Crippen LogP contribution is 2.29. The molecule has 1 unspecified atom stereocenters. The molecule has 1 saturated heterocycles. The minimum atomic E-state index is -0.208. The molecule has 1 heterocycles. The smallest absolute Gasteiger partial charge is 0.123 e. The molecule has 1 fully saturated rings. The van der Waals surface area contributed by atoms with E-state index >= 15 is 0 Å². The molecular formula is C19H22FNO. The molecular weight excluding hydrogens is 277 g/mol. The van der Waals surface area contributed by atoms with Gasteiger partial charge >= 0.3 is 0 Å². The SMILES string of the molecule is CCc1ccccc1-c1ccc(F)cc1COC1CCNC1. The van der Waals surface area contributed by atoms with Crippen molar-refractivity contribution in [3.05, 3.63) is 59.4 Å². The van der Waals surface area contributed by atoms with Crippen molar-refractivity contribution in [3.8, 4) is 11.1 Å². The van der Waals surface area contributed by atoms with E-state index < -0.39 is 0 Å². The summed E-state index contributed by atoms with van der Waals surface area (Å²) in [5, 5.41) is 3.29. The first kappa shape index (κ1) is 15.2.